The van der Waals surface area contributed by atoms with Crippen LogP contribution in [0.3, 0.4) is 0 Å². The highest BCUT2D eigenvalue weighted by molar-refractivity contribution is 14.1. The molecule has 1 saturated heterocycles. The van der Waals surface area contributed by atoms with Gasteiger partial charge in [-0.3, -0.25) is 24.1 Å². The zero-order chi connectivity index (χ0) is 26.9. The number of carbonyl (C=O) groups excluding carboxylic acids is 4. The predicted molar refractivity (Wildman–Crippen MR) is 148 cm³/mol. The van der Waals surface area contributed by atoms with Crippen molar-refractivity contribution in [3.05, 3.63) is 86.0 Å². The number of allylic oxidation sites excluding steroid dienone is 6. The van der Waals surface area contributed by atoms with Crippen LogP contribution in [0.25, 0.3) is 0 Å². The lowest BCUT2D eigenvalue weighted by atomic mass is 9.59. The van der Waals surface area contributed by atoms with Crippen molar-refractivity contribution < 1.29 is 29.0 Å². The van der Waals surface area contributed by atoms with E-state index in [1.165, 1.54) is 24.2 Å². The summed E-state index contributed by atoms with van der Waals surface area (Å²) in [6.07, 6.45) is 3.83. The van der Waals surface area contributed by atoms with Crippen molar-refractivity contribution in [2.75, 3.05) is 12.0 Å². The lowest BCUT2D eigenvalue weighted by molar-refractivity contribution is -0.123. The van der Waals surface area contributed by atoms with E-state index >= 15 is 0 Å². The monoisotopic (exact) mass is 621 g/mol. The normalized spacial score (nSPS) is 26.6. The number of Topliss-reactive ketones (excluding diaryl/α,β-unsaturated/α-hetero) is 1. The Bertz CT molecular complexity index is 1530. The summed E-state index contributed by atoms with van der Waals surface area (Å²) < 4.78 is 6.23. The van der Waals surface area contributed by atoms with Crippen molar-refractivity contribution in [1.29, 1.82) is 0 Å². The summed E-state index contributed by atoms with van der Waals surface area (Å²) in [6.45, 7) is 1.61. The number of imide groups is 1. The molecule has 7 nitrogen and oxygen atoms in total. The van der Waals surface area contributed by atoms with Crippen molar-refractivity contribution in [3.63, 3.8) is 0 Å². The van der Waals surface area contributed by atoms with E-state index in [1.54, 1.807) is 31.2 Å². The highest BCUT2D eigenvalue weighted by Crippen LogP contribution is 2.56. The summed E-state index contributed by atoms with van der Waals surface area (Å²) in [6, 6.07) is 12.1. The molecule has 0 spiro atoms. The largest absolute Gasteiger partial charge is 0.507 e. The van der Waals surface area contributed by atoms with Crippen LogP contribution < -0.4 is 9.64 Å². The first-order valence-electron chi connectivity index (χ1n) is 12.4. The number of amides is 2. The Morgan fingerprint density at radius 1 is 1.00 bits per heavy atom. The number of hydrogen-bond donors (Lipinski definition) is 1. The number of phenols is 1. The Kier molecular flexibility index (Phi) is 5.90. The number of carbonyl (C=O) groups is 4. The SMILES string of the molecule is COc1ccc([C@H]2C3=CC[C@@H]4C(=O)N(c5ccc(I)cc5)C(=O)[C@@H]4[C@@H]3CC3=C2C(=O)C=C(C)C3=O)c(O)c1. The summed E-state index contributed by atoms with van der Waals surface area (Å²) in [5.41, 5.74) is 2.84. The Hall–Kier alpha value is -3.53. The molecule has 1 aliphatic heterocycles. The lowest BCUT2D eigenvalue weighted by Crippen LogP contribution is -2.39. The first-order valence-corrected chi connectivity index (χ1v) is 13.5. The molecule has 0 unspecified atom stereocenters. The number of methoxy groups -OCH3 is 1. The number of halogens is 1. The molecule has 6 rings (SSSR count). The molecule has 1 heterocycles. The second kappa shape index (κ2) is 9.04. The molecule has 4 aliphatic rings. The van der Waals surface area contributed by atoms with Crippen molar-refractivity contribution in [3.8, 4) is 11.5 Å². The van der Waals surface area contributed by atoms with Gasteiger partial charge in [0.05, 0.1) is 24.6 Å². The Balaban J connectivity index is 1.49. The number of aromatic hydroxyl groups is 1. The number of benzene rings is 2. The van der Waals surface area contributed by atoms with Gasteiger partial charge in [0.1, 0.15) is 11.5 Å². The second-order valence-electron chi connectivity index (χ2n) is 10.1. The molecule has 4 atom stereocenters. The fourth-order valence-electron chi connectivity index (χ4n) is 6.48. The Morgan fingerprint density at radius 3 is 2.42 bits per heavy atom. The van der Waals surface area contributed by atoms with Gasteiger partial charge in [0.25, 0.3) is 0 Å². The number of fused-ring (bicyclic) bond motifs is 3. The van der Waals surface area contributed by atoms with E-state index in [-0.39, 0.29) is 35.6 Å². The summed E-state index contributed by atoms with van der Waals surface area (Å²) in [5, 5.41) is 11.0. The third kappa shape index (κ3) is 3.60. The molecule has 192 valence electrons. The van der Waals surface area contributed by atoms with E-state index in [2.05, 4.69) is 22.6 Å². The smallest absolute Gasteiger partial charge is 0.238 e. The van der Waals surface area contributed by atoms with E-state index < -0.39 is 23.7 Å². The molecule has 2 amide bonds. The van der Waals surface area contributed by atoms with Crippen LogP contribution in [0.15, 0.2) is 76.9 Å². The average Bonchev–Trinajstić information content (AvgIpc) is 3.16. The molecule has 0 radical (unpaired) electrons. The third-order valence-corrected chi connectivity index (χ3v) is 8.91. The molecule has 1 fully saturated rings. The van der Waals surface area contributed by atoms with E-state index in [9.17, 15) is 24.3 Å². The molecule has 0 aromatic heterocycles. The highest BCUT2D eigenvalue weighted by atomic mass is 127. The van der Waals surface area contributed by atoms with Gasteiger partial charge in [-0.25, -0.2) is 0 Å². The van der Waals surface area contributed by atoms with Crippen LogP contribution >= 0.6 is 22.6 Å². The Morgan fingerprint density at radius 2 is 1.74 bits per heavy atom. The maximum absolute atomic E-state index is 13.9. The van der Waals surface area contributed by atoms with E-state index in [0.717, 1.165) is 9.14 Å². The van der Waals surface area contributed by atoms with Crippen LogP contribution in [0.2, 0.25) is 0 Å². The molecule has 0 bridgehead atoms. The van der Waals surface area contributed by atoms with Gasteiger partial charge in [-0.05, 0) is 84.7 Å². The van der Waals surface area contributed by atoms with Crippen LogP contribution in [0.5, 0.6) is 11.5 Å². The topological polar surface area (TPSA) is 101 Å². The fourth-order valence-corrected chi connectivity index (χ4v) is 6.84. The minimum Gasteiger partial charge on any atom is -0.507 e. The number of rotatable bonds is 3. The summed E-state index contributed by atoms with van der Waals surface area (Å²) in [7, 11) is 1.49. The zero-order valence-electron chi connectivity index (χ0n) is 20.7. The predicted octanol–water partition coefficient (Wildman–Crippen LogP) is 4.64. The molecule has 8 heteroatoms. The van der Waals surface area contributed by atoms with Crippen molar-refractivity contribution in [2.45, 2.75) is 25.7 Å². The number of ketones is 2. The number of phenolic OH excluding ortho intramolecular Hbond substituents is 1. The zero-order valence-corrected chi connectivity index (χ0v) is 22.9. The van der Waals surface area contributed by atoms with Gasteiger partial charge >= 0.3 is 0 Å². The minimum atomic E-state index is -0.702. The molecule has 0 saturated carbocycles. The molecular weight excluding hydrogens is 597 g/mol. The van der Waals surface area contributed by atoms with Crippen molar-refractivity contribution in [2.24, 2.45) is 17.8 Å². The maximum atomic E-state index is 13.9. The van der Waals surface area contributed by atoms with E-state index in [1.807, 2.05) is 18.2 Å². The average molecular weight is 621 g/mol. The maximum Gasteiger partial charge on any atom is 0.238 e. The van der Waals surface area contributed by atoms with Gasteiger partial charge in [-0.1, -0.05) is 17.7 Å². The van der Waals surface area contributed by atoms with Crippen LogP contribution in [0.1, 0.15) is 31.2 Å². The van der Waals surface area contributed by atoms with Crippen molar-refractivity contribution >= 4 is 51.7 Å². The van der Waals surface area contributed by atoms with Crippen LogP contribution in [-0.4, -0.2) is 35.6 Å². The fraction of sp³-hybridized carbons (Fsp3) is 0.267. The molecule has 1 N–H and O–H groups in total. The van der Waals surface area contributed by atoms with Gasteiger partial charge in [-0.15, -0.1) is 0 Å². The molecule has 3 aliphatic carbocycles. The summed E-state index contributed by atoms with van der Waals surface area (Å²) in [4.78, 5) is 55.4. The molecule has 38 heavy (non-hydrogen) atoms. The highest BCUT2D eigenvalue weighted by Gasteiger charge is 2.56. The van der Waals surface area contributed by atoms with Gasteiger partial charge in [-0.2, -0.15) is 0 Å². The quantitative estimate of drug-likeness (QED) is 0.232. The number of nitrogens with zero attached hydrogens (tertiary/aromatic N) is 1. The summed E-state index contributed by atoms with van der Waals surface area (Å²) in [5.74, 6) is -3.01. The Labute approximate surface area is 233 Å². The number of hydrogen-bond acceptors (Lipinski definition) is 6. The van der Waals surface area contributed by atoms with Crippen LogP contribution in [-0.2, 0) is 19.2 Å². The van der Waals surface area contributed by atoms with Gasteiger partial charge in [0.2, 0.25) is 11.8 Å². The first kappa shape index (κ1) is 24.8. The van der Waals surface area contributed by atoms with Crippen molar-refractivity contribution in [1.82, 2.24) is 0 Å². The van der Waals surface area contributed by atoms with E-state index in [0.29, 0.717) is 40.1 Å². The number of ether oxygens (including phenoxy) is 1. The lowest BCUT2D eigenvalue weighted by Gasteiger charge is -2.42. The number of anilines is 1. The molecule has 2 aromatic carbocycles. The molecular formula is C30H24INO6. The van der Waals surface area contributed by atoms with Gasteiger partial charge < -0.3 is 9.84 Å². The third-order valence-electron chi connectivity index (χ3n) is 8.20. The van der Waals surface area contributed by atoms with Gasteiger partial charge in [0.15, 0.2) is 11.6 Å². The second-order valence-corrected chi connectivity index (χ2v) is 11.4. The standard InChI is InChI=1S/C30H24INO6/c1-14-11-24(34)27-22(28(14)35)13-21-18(25(27)19-8-7-17(38-2)12-23(19)33)9-10-20-26(21)30(37)32(29(20)36)16-5-3-15(31)4-6-16/h3-9,11-12,20-21,25-26,33H,10,13H2,1-2H3/t20-,21+,25+,26-/m0/s1. The minimum absolute atomic E-state index is 0.0641. The summed E-state index contributed by atoms with van der Waals surface area (Å²) >= 11 is 2.17. The van der Waals surface area contributed by atoms with Gasteiger partial charge in [0, 0.05) is 37.8 Å². The first-order chi connectivity index (χ1) is 18.2. The van der Waals surface area contributed by atoms with Crippen LogP contribution in [0.4, 0.5) is 5.69 Å². The van der Waals surface area contributed by atoms with Crippen LogP contribution in [0, 0.1) is 21.3 Å². The molecule has 2 aromatic rings. The van der Waals surface area contributed by atoms with E-state index in [4.69, 9.17) is 4.74 Å².